The van der Waals surface area contributed by atoms with Gasteiger partial charge in [-0.1, -0.05) is 26.0 Å². The van der Waals surface area contributed by atoms with Gasteiger partial charge in [0.1, 0.15) is 11.3 Å². The standard InChI is InChI=1S/C24H27N5O2/c1-17(2)11-18-3-5-20(26-13-18)16-30-15-19-4-6-21-22(12-19)31-24(27-21)29-10-9-28-8-7-25-23(28)14-29/h3-8,12-13,17H,9-11,14-16H2,1-2H3. The lowest BCUT2D eigenvalue weighted by atomic mass is 10.0. The average Bonchev–Trinajstić information content (AvgIpc) is 3.40. The number of pyridine rings is 1. The van der Waals surface area contributed by atoms with E-state index >= 15 is 0 Å². The summed E-state index contributed by atoms with van der Waals surface area (Å²) >= 11 is 0. The number of imidazole rings is 1. The summed E-state index contributed by atoms with van der Waals surface area (Å²) in [5.74, 6) is 1.67. The minimum atomic E-state index is 0.488. The molecule has 0 N–H and O–H groups in total. The van der Waals surface area contributed by atoms with Gasteiger partial charge in [-0.2, -0.15) is 4.98 Å². The molecule has 4 aromatic rings. The Morgan fingerprint density at radius 1 is 1.06 bits per heavy atom. The summed E-state index contributed by atoms with van der Waals surface area (Å²) in [4.78, 5) is 15.7. The van der Waals surface area contributed by atoms with Gasteiger partial charge in [0.15, 0.2) is 5.58 Å². The Labute approximate surface area is 181 Å². The van der Waals surface area contributed by atoms with Gasteiger partial charge in [0.2, 0.25) is 0 Å². The molecule has 0 saturated heterocycles. The van der Waals surface area contributed by atoms with Crippen LogP contribution in [0.2, 0.25) is 0 Å². The number of nitrogens with zero attached hydrogens (tertiary/aromatic N) is 5. The van der Waals surface area contributed by atoms with Crippen LogP contribution in [0.4, 0.5) is 6.01 Å². The van der Waals surface area contributed by atoms with Gasteiger partial charge in [-0.05, 0) is 41.7 Å². The van der Waals surface area contributed by atoms with E-state index in [9.17, 15) is 0 Å². The second kappa shape index (κ2) is 8.51. The first-order valence-electron chi connectivity index (χ1n) is 10.8. The van der Waals surface area contributed by atoms with Crippen LogP contribution in [0.15, 0.2) is 53.3 Å². The molecule has 1 aliphatic rings. The van der Waals surface area contributed by atoms with E-state index in [1.807, 2.05) is 42.9 Å². The smallest absolute Gasteiger partial charge is 0.298 e. The summed E-state index contributed by atoms with van der Waals surface area (Å²) < 4.78 is 14.1. The number of ether oxygens (including phenoxy) is 1. The summed E-state index contributed by atoms with van der Waals surface area (Å²) in [7, 11) is 0. The molecular weight excluding hydrogens is 390 g/mol. The third kappa shape index (κ3) is 4.46. The van der Waals surface area contributed by atoms with Crippen LogP contribution in [0.3, 0.4) is 0 Å². The molecule has 0 atom stereocenters. The third-order valence-electron chi connectivity index (χ3n) is 5.51. The van der Waals surface area contributed by atoms with Gasteiger partial charge >= 0.3 is 0 Å². The van der Waals surface area contributed by atoms with Crippen LogP contribution in [-0.2, 0) is 37.5 Å². The fraction of sp³-hybridized carbons (Fsp3) is 0.375. The molecule has 7 nitrogen and oxygen atoms in total. The minimum absolute atomic E-state index is 0.488. The summed E-state index contributed by atoms with van der Waals surface area (Å²) in [5.41, 5.74) is 4.90. The van der Waals surface area contributed by atoms with E-state index in [1.165, 1.54) is 5.56 Å². The van der Waals surface area contributed by atoms with Crippen molar-refractivity contribution in [2.24, 2.45) is 5.92 Å². The Morgan fingerprint density at radius 3 is 2.81 bits per heavy atom. The van der Waals surface area contributed by atoms with Gasteiger partial charge in [-0.3, -0.25) is 4.98 Å². The van der Waals surface area contributed by atoms with Crippen molar-refractivity contribution in [3.05, 3.63) is 71.6 Å². The summed E-state index contributed by atoms with van der Waals surface area (Å²) in [6.07, 6.45) is 6.86. The molecular formula is C24H27N5O2. The van der Waals surface area contributed by atoms with Crippen molar-refractivity contribution in [3.8, 4) is 0 Å². The second-order valence-electron chi connectivity index (χ2n) is 8.51. The maximum absolute atomic E-state index is 6.06. The predicted molar refractivity (Wildman–Crippen MR) is 119 cm³/mol. The molecule has 31 heavy (non-hydrogen) atoms. The number of fused-ring (bicyclic) bond motifs is 2. The van der Waals surface area contributed by atoms with Crippen LogP contribution in [0.25, 0.3) is 11.1 Å². The van der Waals surface area contributed by atoms with Crippen molar-refractivity contribution in [1.82, 2.24) is 19.5 Å². The van der Waals surface area contributed by atoms with Gasteiger partial charge in [0, 0.05) is 31.7 Å². The lowest BCUT2D eigenvalue weighted by Crippen LogP contribution is -2.33. The lowest BCUT2D eigenvalue weighted by Gasteiger charge is -2.25. The molecule has 0 radical (unpaired) electrons. The fourth-order valence-electron chi connectivity index (χ4n) is 3.92. The van der Waals surface area contributed by atoms with Crippen LogP contribution < -0.4 is 4.90 Å². The average molecular weight is 418 g/mol. The van der Waals surface area contributed by atoms with Crippen LogP contribution in [-0.4, -0.2) is 26.1 Å². The van der Waals surface area contributed by atoms with Gasteiger partial charge in [-0.25, -0.2) is 4.98 Å². The van der Waals surface area contributed by atoms with E-state index in [2.05, 4.69) is 44.3 Å². The highest BCUT2D eigenvalue weighted by molar-refractivity contribution is 5.75. The Bertz CT molecular complexity index is 1160. The first-order chi connectivity index (χ1) is 15.1. The largest absolute Gasteiger partial charge is 0.423 e. The predicted octanol–water partition coefficient (Wildman–Crippen LogP) is 4.35. The van der Waals surface area contributed by atoms with E-state index < -0.39 is 0 Å². The Kier molecular flexibility index (Phi) is 5.42. The third-order valence-corrected chi connectivity index (χ3v) is 5.51. The maximum atomic E-state index is 6.06. The van der Waals surface area contributed by atoms with Crippen LogP contribution >= 0.6 is 0 Å². The zero-order valence-electron chi connectivity index (χ0n) is 18.0. The minimum Gasteiger partial charge on any atom is -0.423 e. The van der Waals surface area contributed by atoms with Gasteiger partial charge in [-0.15, -0.1) is 0 Å². The molecule has 5 rings (SSSR count). The lowest BCUT2D eigenvalue weighted by molar-refractivity contribution is 0.104. The first kappa shape index (κ1) is 19.8. The summed E-state index contributed by atoms with van der Waals surface area (Å²) in [6, 6.07) is 10.9. The van der Waals surface area contributed by atoms with Crippen molar-refractivity contribution in [2.75, 3.05) is 11.4 Å². The van der Waals surface area contributed by atoms with Crippen molar-refractivity contribution in [3.63, 3.8) is 0 Å². The Morgan fingerprint density at radius 2 is 1.97 bits per heavy atom. The number of benzene rings is 1. The summed E-state index contributed by atoms with van der Waals surface area (Å²) in [5, 5.41) is 0. The topological polar surface area (TPSA) is 69.2 Å². The monoisotopic (exact) mass is 417 g/mol. The molecule has 0 aliphatic carbocycles. The van der Waals surface area contributed by atoms with E-state index in [0.29, 0.717) is 31.7 Å². The molecule has 160 valence electrons. The van der Waals surface area contributed by atoms with Crippen molar-refractivity contribution in [2.45, 2.75) is 46.6 Å². The molecule has 0 amide bonds. The van der Waals surface area contributed by atoms with Crippen LogP contribution in [0.5, 0.6) is 0 Å². The molecule has 0 unspecified atom stereocenters. The number of oxazole rings is 1. The van der Waals surface area contributed by atoms with Crippen molar-refractivity contribution >= 4 is 17.1 Å². The number of hydrogen-bond acceptors (Lipinski definition) is 6. The number of hydrogen-bond donors (Lipinski definition) is 0. The highest BCUT2D eigenvalue weighted by Crippen LogP contribution is 2.26. The first-order valence-corrected chi connectivity index (χ1v) is 10.8. The highest BCUT2D eigenvalue weighted by Gasteiger charge is 2.21. The van der Waals surface area contributed by atoms with E-state index in [4.69, 9.17) is 9.15 Å². The van der Waals surface area contributed by atoms with Gasteiger partial charge in [0.05, 0.1) is 25.5 Å². The number of aromatic nitrogens is 4. The highest BCUT2D eigenvalue weighted by atomic mass is 16.5. The maximum Gasteiger partial charge on any atom is 0.298 e. The molecule has 7 heteroatoms. The fourth-order valence-corrected chi connectivity index (χ4v) is 3.92. The van der Waals surface area contributed by atoms with Crippen LogP contribution in [0.1, 0.15) is 36.5 Å². The summed E-state index contributed by atoms with van der Waals surface area (Å²) in [6.45, 7) is 7.87. The molecule has 0 spiro atoms. The van der Waals surface area contributed by atoms with Crippen LogP contribution in [0, 0.1) is 5.92 Å². The van der Waals surface area contributed by atoms with Crippen molar-refractivity contribution in [1.29, 1.82) is 0 Å². The van der Waals surface area contributed by atoms with E-state index in [1.54, 1.807) is 0 Å². The zero-order valence-corrected chi connectivity index (χ0v) is 18.0. The quantitative estimate of drug-likeness (QED) is 0.445. The number of rotatable bonds is 7. The molecule has 4 heterocycles. The Hall–Kier alpha value is -3.19. The second-order valence-corrected chi connectivity index (χ2v) is 8.51. The molecule has 0 saturated carbocycles. The van der Waals surface area contributed by atoms with E-state index in [0.717, 1.165) is 47.7 Å². The molecule has 0 fully saturated rings. The molecule has 1 aromatic carbocycles. The number of anilines is 1. The van der Waals surface area contributed by atoms with Gasteiger partial charge in [0.25, 0.3) is 6.01 Å². The Balaban J connectivity index is 1.20. The van der Waals surface area contributed by atoms with Crippen molar-refractivity contribution < 1.29 is 9.15 Å². The molecule has 1 aliphatic heterocycles. The van der Waals surface area contributed by atoms with E-state index in [-0.39, 0.29) is 0 Å². The normalized spacial score (nSPS) is 13.8. The van der Waals surface area contributed by atoms with Gasteiger partial charge < -0.3 is 18.6 Å². The zero-order chi connectivity index (χ0) is 21.2. The SMILES string of the molecule is CC(C)Cc1ccc(COCc2ccc3nc(N4CCn5ccnc5C4)oc3c2)nc1. The molecule has 3 aromatic heterocycles. The molecule has 0 bridgehead atoms.